The van der Waals surface area contributed by atoms with Gasteiger partial charge in [-0.2, -0.15) is 11.8 Å². The summed E-state index contributed by atoms with van der Waals surface area (Å²) in [6.45, 7) is 6.59. The standard InChI is InChI=1S/C8H10S2.2Li/c1-8(2,3)10-7-4-5-9-6-7;;/h4H,1-3H3;;/q-2;2*+1. The third kappa shape index (κ3) is 6.73. The summed E-state index contributed by atoms with van der Waals surface area (Å²) >= 11 is 3.34. The van der Waals surface area contributed by atoms with Crippen LogP contribution >= 0.6 is 23.1 Å². The minimum absolute atomic E-state index is 0. The SMILES string of the molecule is CC(C)(C)Sc1[c-]s[c-]c1.[Li+].[Li+]. The van der Waals surface area contributed by atoms with Gasteiger partial charge in [0, 0.05) is 4.75 Å². The quantitative estimate of drug-likeness (QED) is 0.259. The number of rotatable bonds is 1. The Balaban J connectivity index is 0. The van der Waals surface area contributed by atoms with Crippen molar-refractivity contribution in [2.75, 3.05) is 0 Å². The molecule has 1 rings (SSSR count). The maximum absolute atomic E-state index is 3.14. The van der Waals surface area contributed by atoms with Gasteiger partial charge in [-0.1, -0.05) is 20.8 Å². The second-order valence-electron chi connectivity index (χ2n) is 3.04. The van der Waals surface area contributed by atoms with E-state index in [9.17, 15) is 0 Å². The monoisotopic (exact) mass is 184 g/mol. The number of hydrogen-bond acceptors (Lipinski definition) is 2. The zero-order valence-corrected chi connectivity index (χ0v) is 10.0. The summed E-state index contributed by atoms with van der Waals surface area (Å²) in [5.41, 5.74) is 0. The molecule has 56 valence electrons. The summed E-state index contributed by atoms with van der Waals surface area (Å²) in [6, 6.07) is 1.99. The maximum Gasteiger partial charge on any atom is 1.00 e. The van der Waals surface area contributed by atoms with Crippen LogP contribution < -0.4 is 37.7 Å². The van der Waals surface area contributed by atoms with Gasteiger partial charge >= 0.3 is 37.7 Å². The van der Waals surface area contributed by atoms with Crippen LogP contribution in [-0.4, -0.2) is 4.75 Å². The van der Waals surface area contributed by atoms with E-state index in [0.717, 1.165) is 0 Å². The van der Waals surface area contributed by atoms with Gasteiger partial charge in [0.1, 0.15) is 0 Å². The molecule has 0 fully saturated rings. The molecule has 0 saturated carbocycles. The van der Waals surface area contributed by atoms with Gasteiger partial charge in [0.2, 0.25) is 0 Å². The van der Waals surface area contributed by atoms with E-state index in [1.54, 1.807) is 0 Å². The average molecular weight is 184 g/mol. The van der Waals surface area contributed by atoms with Crippen molar-refractivity contribution in [1.82, 2.24) is 0 Å². The van der Waals surface area contributed by atoms with Crippen molar-refractivity contribution < 1.29 is 37.7 Å². The molecule has 0 aliphatic carbocycles. The molecule has 0 nitrogen and oxygen atoms in total. The molecule has 0 unspecified atom stereocenters. The summed E-state index contributed by atoms with van der Waals surface area (Å²) in [4.78, 5) is 1.21. The van der Waals surface area contributed by atoms with Gasteiger partial charge in [-0.15, -0.1) is 0 Å². The van der Waals surface area contributed by atoms with Crippen molar-refractivity contribution in [3.63, 3.8) is 0 Å². The predicted octanol–water partition coefficient (Wildman–Crippen LogP) is -2.75. The van der Waals surface area contributed by atoms with Crippen LogP contribution in [0, 0.1) is 10.8 Å². The molecule has 4 heteroatoms. The molecule has 1 aromatic rings. The van der Waals surface area contributed by atoms with E-state index in [1.807, 2.05) is 17.8 Å². The molecule has 0 radical (unpaired) electrons. The van der Waals surface area contributed by atoms with Gasteiger partial charge in [0.05, 0.1) is 0 Å². The maximum atomic E-state index is 3.14. The average Bonchev–Trinajstić information content (AvgIpc) is 2.12. The van der Waals surface area contributed by atoms with E-state index in [2.05, 4.69) is 31.5 Å². The molecule has 12 heavy (non-hydrogen) atoms. The third-order valence-corrected chi connectivity index (χ3v) is 2.56. The van der Waals surface area contributed by atoms with E-state index in [1.165, 1.54) is 16.2 Å². The van der Waals surface area contributed by atoms with Gasteiger partial charge < -0.3 is 22.8 Å². The van der Waals surface area contributed by atoms with Crippen molar-refractivity contribution in [2.45, 2.75) is 30.4 Å². The van der Waals surface area contributed by atoms with E-state index < -0.39 is 0 Å². The number of hydrogen-bond donors (Lipinski definition) is 0. The van der Waals surface area contributed by atoms with Gasteiger partial charge in [-0.25, -0.2) is 4.90 Å². The Labute approximate surface area is 107 Å². The first-order valence-corrected chi connectivity index (χ1v) is 4.78. The van der Waals surface area contributed by atoms with E-state index >= 15 is 0 Å². The molecule has 0 atom stereocenters. The van der Waals surface area contributed by atoms with E-state index in [0.29, 0.717) is 4.75 Å². The van der Waals surface area contributed by atoms with Crippen LogP contribution in [-0.2, 0) is 0 Å². The van der Waals surface area contributed by atoms with Crippen LogP contribution in [0.25, 0.3) is 0 Å². The summed E-state index contributed by atoms with van der Waals surface area (Å²) in [6.07, 6.45) is 0. The fourth-order valence-corrected chi connectivity index (χ4v) is 2.11. The van der Waals surface area contributed by atoms with Crippen LogP contribution in [0.3, 0.4) is 0 Å². The van der Waals surface area contributed by atoms with Gasteiger partial charge in [-0.05, 0) is 0 Å². The van der Waals surface area contributed by atoms with Gasteiger partial charge in [-0.3, -0.25) is 5.38 Å². The van der Waals surface area contributed by atoms with Gasteiger partial charge in [0.15, 0.2) is 0 Å². The van der Waals surface area contributed by atoms with Crippen LogP contribution in [0.2, 0.25) is 0 Å². The molecule has 0 spiro atoms. The molecule has 0 saturated heterocycles. The Bertz CT molecular complexity index is 189. The minimum Gasteiger partial charge on any atom is -0.473 e. The molecule has 0 bridgehead atoms. The fourth-order valence-electron chi connectivity index (χ4n) is 0.572. The largest absolute Gasteiger partial charge is 1.00 e. The topological polar surface area (TPSA) is 0 Å². The molecular formula is C8H10Li2S2. The van der Waals surface area contributed by atoms with Crippen molar-refractivity contribution in [3.05, 3.63) is 16.8 Å². The van der Waals surface area contributed by atoms with Crippen LogP contribution in [0.15, 0.2) is 11.0 Å². The summed E-state index contributed by atoms with van der Waals surface area (Å²) in [7, 11) is 0. The first-order chi connectivity index (χ1) is 4.58. The molecule has 0 amide bonds. The summed E-state index contributed by atoms with van der Waals surface area (Å²) < 4.78 is 0.297. The smallest absolute Gasteiger partial charge is 0.473 e. The normalized spacial score (nSPS) is 9.92. The van der Waals surface area contributed by atoms with E-state index in [-0.39, 0.29) is 37.7 Å². The van der Waals surface area contributed by atoms with Crippen LogP contribution in [0.1, 0.15) is 20.8 Å². The molecule has 0 aliphatic rings. The van der Waals surface area contributed by atoms with Crippen molar-refractivity contribution in [2.24, 2.45) is 0 Å². The van der Waals surface area contributed by atoms with Gasteiger partial charge in [0.25, 0.3) is 0 Å². The van der Waals surface area contributed by atoms with Crippen LogP contribution in [0.5, 0.6) is 0 Å². The third-order valence-electron chi connectivity index (χ3n) is 0.817. The minimum atomic E-state index is 0. The Morgan fingerprint density at radius 1 is 1.33 bits per heavy atom. The molecule has 0 aromatic carbocycles. The first kappa shape index (κ1) is 15.7. The molecule has 1 aromatic heterocycles. The number of thioether (sulfide) groups is 1. The molecule has 1 heterocycles. The zero-order valence-electron chi connectivity index (χ0n) is 8.39. The Morgan fingerprint density at radius 2 is 1.92 bits per heavy atom. The Morgan fingerprint density at radius 3 is 2.25 bits per heavy atom. The Hall–Kier alpha value is 1.24. The van der Waals surface area contributed by atoms with Crippen molar-refractivity contribution >= 4 is 23.1 Å². The summed E-state index contributed by atoms with van der Waals surface area (Å²) in [5.74, 6) is 0. The first-order valence-electron chi connectivity index (χ1n) is 3.14. The van der Waals surface area contributed by atoms with Crippen molar-refractivity contribution in [1.29, 1.82) is 0 Å². The second kappa shape index (κ2) is 6.66. The molecule has 0 aliphatic heterocycles. The zero-order chi connectivity index (χ0) is 7.61. The summed E-state index contributed by atoms with van der Waals surface area (Å²) in [5, 5.41) is 6.16. The van der Waals surface area contributed by atoms with Crippen molar-refractivity contribution in [3.8, 4) is 0 Å². The molecular weight excluding hydrogens is 174 g/mol. The Kier molecular flexibility index (Phi) is 8.72. The van der Waals surface area contributed by atoms with E-state index in [4.69, 9.17) is 0 Å². The number of thiophene rings is 1. The molecule has 0 N–H and O–H groups in total. The fraction of sp³-hybridized carbons (Fsp3) is 0.500. The second-order valence-corrected chi connectivity index (χ2v) is 5.56. The predicted molar refractivity (Wildman–Crippen MR) is 47.6 cm³/mol. The van der Waals surface area contributed by atoms with Crippen LogP contribution in [0.4, 0.5) is 0 Å².